The van der Waals surface area contributed by atoms with Crippen molar-refractivity contribution in [1.82, 2.24) is 0 Å². The van der Waals surface area contributed by atoms with Crippen molar-refractivity contribution < 1.29 is 9.18 Å². The highest BCUT2D eigenvalue weighted by Gasteiger charge is 1.99. The number of halogens is 2. The molecule has 4 heteroatoms. The van der Waals surface area contributed by atoms with Crippen LogP contribution in [0.5, 0.6) is 0 Å². The number of carbonyl (C=O) groups excluding carboxylic acids is 1. The van der Waals surface area contributed by atoms with Gasteiger partial charge in [0, 0.05) is 3.57 Å². The Morgan fingerprint density at radius 3 is 2.91 bits per heavy atom. The van der Waals surface area contributed by atoms with Crippen LogP contribution in [0.25, 0.3) is 0 Å². The largest absolute Gasteiger partial charge is 0.240 e. The van der Waals surface area contributed by atoms with Gasteiger partial charge in [-0.25, -0.2) is 9.18 Å². The summed E-state index contributed by atoms with van der Waals surface area (Å²) in [4.78, 5) is 13.0. The quantitative estimate of drug-likeness (QED) is 0.434. The van der Waals surface area contributed by atoms with Crippen LogP contribution in [0.1, 0.15) is 0 Å². The number of aliphatic imine (C=N–C) groups is 1. The van der Waals surface area contributed by atoms with E-state index in [0.717, 1.165) is 3.57 Å². The van der Waals surface area contributed by atoms with Crippen LogP contribution in [-0.4, -0.2) is 6.08 Å². The van der Waals surface area contributed by atoms with Crippen LogP contribution in [-0.2, 0) is 4.79 Å². The van der Waals surface area contributed by atoms with E-state index in [1.807, 2.05) is 22.6 Å². The van der Waals surface area contributed by atoms with Crippen molar-refractivity contribution in [1.29, 1.82) is 0 Å². The summed E-state index contributed by atoms with van der Waals surface area (Å²) in [7, 11) is 0. The Morgan fingerprint density at radius 2 is 2.27 bits per heavy atom. The predicted octanol–water partition coefficient (Wildman–Crippen LogP) is 2.40. The first-order valence-corrected chi connectivity index (χ1v) is 3.85. The maximum absolute atomic E-state index is 12.7. The summed E-state index contributed by atoms with van der Waals surface area (Å²) >= 11 is 2.01. The summed E-state index contributed by atoms with van der Waals surface area (Å²) in [5, 5.41) is 0. The van der Waals surface area contributed by atoms with Gasteiger partial charge in [0.15, 0.2) is 0 Å². The number of hydrogen-bond donors (Lipinski definition) is 0. The maximum Gasteiger partial charge on any atom is 0.240 e. The highest BCUT2D eigenvalue weighted by atomic mass is 127. The van der Waals surface area contributed by atoms with Crippen molar-refractivity contribution in [2.24, 2.45) is 4.99 Å². The second-order valence-electron chi connectivity index (χ2n) is 1.80. The summed E-state index contributed by atoms with van der Waals surface area (Å²) in [5.41, 5.74) is 0.0342. The molecule has 11 heavy (non-hydrogen) atoms. The van der Waals surface area contributed by atoms with Gasteiger partial charge in [0.05, 0.1) is 0 Å². The van der Waals surface area contributed by atoms with E-state index >= 15 is 0 Å². The molecule has 1 aromatic rings. The predicted molar refractivity (Wildman–Crippen MR) is 46.9 cm³/mol. The molecule has 0 aliphatic rings. The molecule has 0 aliphatic carbocycles. The van der Waals surface area contributed by atoms with Gasteiger partial charge >= 0.3 is 0 Å². The molecule has 0 aliphatic heterocycles. The summed E-state index contributed by atoms with van der Waals surface area (Å²) < 4.78 is 13.5. The lowest BCUT2D eigenvalue weighted by Crippen LogP contribution is -1.76. The lowest BCUT2D eigenvalue weighted by molar-refractivity contribution is 0.564. The van der Waals surface area contributed by atoms with E-state index in [-0.39, 0.29) is 5.69 Å². The molecule has 0 radical (unpaired) electrons. The highest BCUT2D eigenvalue weighted by Crippen LogP contribution is 2.19. The summed E-state index contributed by atoms with van der Waals surface area (Å²) in [6.45, 7) is 0. The lowest BCUT2D eigenvalue weighted by atomic mass is 10.3. The van der Waals surface area contributed by atoms with Crippen LogP contribution in [0.2, 0.25) is 0 Å². The van der Waals surface area contributed by atoms with Gasteiger partial charge in [-0.1, -0.05) is 0 Å². The molecule has 56 valence electrons. The van der Waals surface area contributed by atoms with Crippen LogP contribution in [0.4, 0.5) is 10.1 Å². The minimum Gasteiger partial charge on any atom is -0.211 e. The second kappa shape index (κ2) is 3.59. The molecule has 2 nitrogen and oxygen atoms in total. The molecule has 0 spiro atoms. The van der Waals surface area contributed by atoms with Crippen LogP contribution in [0.15, 0.2) is 23.2 Å². The van der Waals surface area contributed by atoms with Crippen molar-refractivity contribution in [2.75, 3.05) is 0 Å². The summed E-state index contributed by atoms with van der Waals surface area (Å²) in [6, 6.07) is 4.33. The van der Waals surface area contributed by atoms with Crippen LogP contribution < -0.4 is 0 Å². The van der Waals surface area contributed by atoms with Gasteiger partial charge in [0.25, 0.3) is 0 Å². The average Bonchev–Trinajstić information content (AvgIpc) is 1.98. The SMILES string of the molecule is O=C=Nc1cc(I)ccc1F. The zero-order valence-corrected chi connectivity index (χ0v) is 7.50. The van der Waals surface area contributed by atoms with E-state index in [9.17, 15) is 9.18 Å². The monoisotopic (exact) mass is 263 g/mol. The summed E-state index contributed by atoms with van der Waals surface area (Å²) in [5.74, 6) is -0.506. The molecule has 1 rings (SSSR count). The van der Waals surface area contributed by atoms with Crippen molar-refractivity contribution in [3.8, 4) is 0 Å². The Labute approximate surface area is 76.3 Å². The fraction of sp³-hybridized carbons (Fsp3) is 0. The molecule has 0 bridgehead atoms. The zero-order chi connectivity index (χ0) is 8.27. The smallest absolute Gasteiger partial charge is 0.211 e. The third-order valence-corrected chi connectivity index (χ3v) is 1.75. The van der Waals surface area contributed by atoms with E-state index in [2.05, 4.69) is 4.99 Å². The van der Waals surface area contributed by atoms with Crippen molar-refractivity contribution >= 4 is 34.4 Å². The minimum atomic E-state index is -0.506. The van der Waals surface area contributed by atoms with Crippen molar-refractivity contribution in [2.45, 2.75) is 0 Å². The Kier molecular flexibility index (Phi) is 2.73. The van der Waals surface area contributed by atoms with Crippen molar-refractivity contribution in [3.63, 3.8) is 0 Å². The standard InChI is InChI=1S/C7H3FINO/c8-6-2-1-5(9)3-7(6)10-4-11/h1-3H. The molecular formula is C7H3FINO. The molecule has 0 N–H and O–H groups in total. The number of nitrogens with zero attached hydrogens (tertiary/aromatic N) is 1. The third kappa shape index (κ3) is 2.10. The topological polar surface area (TPSA) is 29.4 Å². The molecule has 0 saturated heterocycles. The molecule has 1 aromatic carbocycles. The molecule has 0 atom stereocenters. The van der Waals surface area contributed by atoms with Gasteiger partial charge in [-0.05, 0) is 40.8 Å². The summed E-state index contributed by atoms with van der Waals surface area (Å²) in [6.07, 6.45) is 1.28. The Hall–Kier alpha value is -0.740. The Morgan fingerprint density at radius 1 is 1.55 bits per heavy atom. The van der Waals surface area contributed by atoms with Crippen LogP contribution >= 0.6 is 22.6 Å². The molecule has 0 heterocycles. The van der Waals surface area contributed by atoms with Gasteiger partial charge in [0.2, 0.25) is 6.08 Å². The van der Waals surface area contributed by atoms with E-state index in [1.54, 1.807) is 6.07 Å². The fourth-order valence-electron chi connectivity index (χ4n) is 0.621. The first-order valence-electron chi connectivity index (χ1n) is 2.77. The second-order valence-corrected chi connectivity index (χ2v) is 3.04. The van der Waals surface area contributed by atoms with Gasteiger partial charge < -0.3 is 0 Å². The van der Waals surface area contributed by atoms with Crippen molar-refractivity contribution in [3.05, 3.63) is 27.6 Å². The Bertz CT molecular complexity index is 320. The lowest BCUT2D eigenvalue weighted by Gasteiger charge is -1.93. The third-order valence-electron chi connectivity index (χ3n) is 1.07. The molecule has 0 saturated carbocycles. The number of hydrogen-bond acceptors (Lipinski definition) is 2. The highest BCUT2D eigenvalue weighted by molar-refractivity contribution is 14.1. The van der Waals surface area contributed by atoms with E-state index in [1.165, 1.54) is 18.2 Å². The Balaban J connectivity index is 3.22. The fourth-order valence-corrected chi connectivity index (χ4v) is 1.10. The molecule has 0 amide bonds. The van der Waals surface area contributed by atoms with E-state index in [4.69, 9.17) is 0 Å². The van der Waals surface area contributed by atoms with E-state index in [0.29, 0.717) is 0 Å². The molecule has 0 fully saturated rings. The number of rotatable bonds is 1. The van der Waals surface area contributed by atoms with Crippen LogP contribution in [0.3, 0.4) is 0 Å². The molecule has 0 aromatic heterocycles. The van der Waals surface area contributed by atoms with Gasteiger partial charge in [0.1, 0.15) is 11.5 Å². The first kappa shape index (κ1) is 8.36. The molecule has 0 unspecified atom stereocenters. The van der Waals surface area contributed by atoms with Crippen LogP contribution in [0, 0.1) is 9.39 Å². The average molecular weight is 263 g/mol. The molecular weight excluding hydrogens is 260 g/mol. The number of isocyanates is 1. The van der Waals surface area contributed by atoms with Gasteiger partial charge in [-0.3, -0.25) is 0 Å². The van der Waals surface area contributed by atoms with E-state index < -0.39 is 5.82 Å². The zero-order valence-electron chi connectivity index (χ0n) is 5.34. The van der Waals surface area contributed by atoms with Gasteiger partial charge in [-0.2, -0.15) is 4.99 Å². The van der Waals surface area contributed by atoms with Gasteiger partial charge in [-0.15, -0.1) is 0 Å². The maximum atomic E-state index is 12.7. The minimum absolute atomic E-state index is 0.0342. The first-order chi connectivity index (χ1) is 5.24. The number of benzene rings is 1. The normalized spacial score (nSPS) is 8.91.